The van der Waals surface area contributed by atoms with Gasteiger partial charge in [0.05, 0.1) is 13.2 Å². The number of allylic oxidation sites excluding steroid dienone is 1. The van der Waals surface area contributed by atoms with Crippen molar-refractivity contribution in [2.24, 2.45) is 0 Å². The van der Waals surface area contributed by atoms with Gasteiger partial charge in [0.25, 0.3) is 0 Å². The van der Waals surface area contributed by atoms with Gasteiger partial charge in [0.1, 0.15) is 17.2 Å². The molecular formula is C33H36O5. The molecule has 5 heteroatoms. The Morgan fingerprint density at radius 3 is 1.97 bits per heavy atom. The first-order valence-corrected chi connectivity index (χ1v) is 13.3. The van der Waals surface area contributed by atoms with Crippen LogP contribution >= 0.6 is 0 Å². The van der Waals surface area contributed by atoms with Gasteiger partial charge >= 0.3 is 5.97 Å². The monoisotopic (exact) mass is 512 g/mol. The molecule has 38 heavy (non-hydrogen) atoms. The van der Waals surface area contributed by atoms with Gasteiger partial charge in [-0.05, 0) is 73.0 Å². The number of hydrogen-bond donors (Lipinski definition) is 0. The summed E-state index contributed by atoms with van der Waals surface area (Å²) in [5.41, 5.74) is 2.18. The topological polar surface area (TPSA) is 61.8 Å². The molecule has 3 rings (SSSR count). The fourth-order valence-electron chi connectivity index (χ4n) is 3.71. The van der Waals surface area contributed by atoms with Crippen LogP contribution in [0, 0.1) is 0 Å². The summed E-state index contributed by atoms with van der Waals surface area (Å²) in [7, 11) is 0. The first-order valence-electron chi connectivity index (χ1n) is 13.3. The summed E-state index contributed by atoms with van der Waals surface area (Å²) in [6.45, 7) is 5.45. The fraction of sp³-hybridized carbons (Fsp3) is 0.273. The lowest BCUT2D eigenvalue weighted by molar-refractivity contribution is -0.128. The molecule has 0 spiro atoms. The average molecular weight is 513 g/mol. The molecule has 5 nitrogen and oxygen atoms in total. The summed E-state index contributed by atoms with van der Waals surface area (Å²) < 4.78 is 16.6. The maximum atomic E-state index is 12.7. The van der Waals surface area contributed by atoms with Gasteiger partial charge in [-0.2, -0.15) is 0 Å². The third-order valence-corrected chi connectivity index (χ3v) is 5.76. The Hall–Kier alpha value is -4.12. The van der Waals surface area contributed by atoms with Crippen molar-refractivity contribution in [2.75, 3.05) is 13.2 Å². The van der Waals surface area contributed by atoms with Crippen molar-refractivity contribution >= 4 is 23.9 Å². The summed E-state index contributed by atoms with van der Waals surface area (Å²) in [5, 5.41) is 0. The number of ether oxygens (including phenoxy) is 3. The van der Waals surface area contributed by atoms with E-state index >= 15 is 0 Å². The molecular weight excluding hydrogens is 476 g/mol. The van der Waals surface area contributed by atoms with Crippen molar-refractivity contribution in [3.05, 3.63) is 102 Å². The van der Waals surface area contributed by atoms with Crippen LogP contribution in [0.25, 0.3) is 12.2 Å². The van der Waals surface area contributed by atoms with Gasteiger partial charge in [0, 0.05) is 11.6 Å². The first kappa shape index (κ1) is 28.5. The number of esters is 1. The number of ketones is 1. The lowest BCUT2D eigenvalue weighted by atomic mass is 10.1. The van der Waals surface area contributed by atoms with E-state index in [1.54, 1.807) is 36.4 Å². The van der Waals surface area contributed by atoms with E-state index in [0.717, 1.165) is 35.7 Å². The summed E-state index contributed by atoms with van der Waals surface area (Å²) in [5.74, 6) is 1.21. The molecule has 0 fully saturated rings. The molecule has 0 amide bonds. The van der Waals surface area contributed by atoms with Gasteiger partial charge in [-0.25, -0.2) is 4.79 Å². The number of rotatable bonds is 15. The second-order valence-corrected chi connectivity index (χ2v) is 8.81. The number of unbranched alkanes of at least 4 members (excludes halogenated alkanes) is 4. The molecule has 198 valence electrons. The minimum absolute atomic E-state index is 0.180. The van der Waals surface area contributed by atoms with Crippen molar-refractivity contribution in [3.63, 3.8) is 0 Å². The highest BCUT2D eigenvalue weighted by Crippen LogP contribution is 2.18. The number of carbonyl (C=O) groups excluding carboxylic acids is 2. The molecule has 0 aliphatic heterocycles. The largest absolute Gasteiger partial charge is 0.494 e. The van der Waals surface area contributed by atoms with Gasteiger partial charge in [-0.3, -0.25) is 4.79 Å². The van der Waals surface area contributed by atoms with Gasteiger partial charge in [0.2, 0.25) is 0 Å². The van der Waals surface area contributed by atoms with E-state index in [-0.39, 0.29) is 5.78 Å². The van der Waals surface area contributed by atoms with Crippen LogP contribution in [0.1, 0.15) is 67.4 Å². The van der Waals surface area contributed by atoms with Crippen molar-refractivity contribution in [1.29, 1.82) is 0 Å². The molecule has 0 radical (unpaired) electrons. The molecule has 0 bridgehead atoms. The standard InChI is InChI=1S/C33H36O5/c1-3-5-6-7-8-24-37-30-20-14-26(15-21-30)16-22-32(34)28-10-9-11-31(25-28)38-33(35)23-17-27-12-18-29(19-13-27)36-4-2/h9-23,25H,3-8,24H2,1-2H3/b22-16+,23-17+. The third kappa shape index (κ3) is 10.1. The summed E-state index contributed by atoms with van der Waals surface area (Å²) >= 11 is 0. The van der Waals surface area contributed by atoms with E-state index in [2.05, 4.69) is 6.92 Å². The van der Waals surface area contributed by atoms with Crippen LogP contribution in [0.15, 0.2) is 84.9 Å². The van der Waals surface area contributed by atoms with E-state index in [1.807, 2.05) is 55.5 Å². The first-order chi connectivity index (χ1) is 18.6. The van der Waals surface area contributed by atoms with Crippen LogP contribution in [-0.4, -0.2) is 25.0 Å². The minimum atomic E-state index is -0.526. The van der Waals surface area contributed by atoms with E-state index in [4.69, 9.17) is 14.2 Å². The van der Waals surface area contributed by atoms with Crippen molar-refractivity contribution in [2.45, 2.75) is 46.0 Å². The molecule has 0 aliphatic rings. The van der Waals surface area contributed by atoms with Gasteiger partial charge in [-0.15, -0.1) is 0 Å². The number of benzene rings is 3. The molecule has 0 N–H and O–H groups in total. The van der Waals surface area contributed by atoms with Gasteiger partial charge in [-0.1, -0.05) is 75.1 Å². The summed E-state index contributed by atoms with van der Waals surface area (Å²) in [6.07, 6.45) is 12.3. The highest BCUT2D eigenvalue weighted by Gasteiger charge is 2.06. The van der Waals surface area contributed by atoms with Crippen LogP contribution < -0.4 is 14.2 Å². The Morgan fingerprint density at radius 1 is 0.684 bits per heavy atom. The van der Waals surface area contributed by atoms with Crippen LogP contribution in [-0.2, 0) is 4.79 Å². The molecule has 0 unspecified atom stereocenters. The highest BCUT2D eigenvalue weighted by molar-refractivity contribution is 6.07. The summed E-state index contributed by atoms with van der Waals surface area (Å²) in [6, 6.07) is 21.7. The van der Waals surface area contributed by atoms with Crippen molar-refractivity contribution < 1.29 is 23.8 Å². The van der Waals surface area contributed by atoms with Crippen LogP contribution in [0.2, 0.25) is 0 Å². The lowest BCUT2D eigenvalue weighted by Gasteiger charge is -2.06. The quantitative estimate of drug-likeness (QED) is 0.0680. The zero-order valence-corrected chi connectivity index (χ0v) is 22.2. The third-order valence-electron chi connectivity index (χ3n) is 5.76. The predicted molar refractivity (Wildman–Crippen MR) is 153 cm³/mol. The second kappa shape index (κ2) is 15.9. The minimum Gasteiger partial charge on any atom is -0.494 e. The van der Waals surface area contributed by atoms with Crippen LogP contribution in [0.3, 0.4) is 0 Å². The van der Waals surface area contributed by atoms with Gasteiger partial charge in [0.15, 0.2) is 5.78 Å². The van der Waals surface area contributed by atoms with E-state index in [9.17, 15) is 9.59 Å². The Labute approximate surface area is 225 Å². The molecule has 0 saturated heterocycles. The van der Waals surface area contributed by atoms with Gasteiger partial charge < -0.3 is 14.2 Å². The Kier molecular flexibility index (Phi) is 11.9. The Balaban J connectivity index is 1.49. The normalized spacial score (nSPS) is 11.1. The molecule has 0 aromatic heterocycles. The lowest BCUT2D eigenvalue weighted by Crippen LogP contribution is -2.04. The maximum absolute atomic E-state index is 12.7. The Morgan fingerprint density at radius 2 is 1.32 bits per heavy atom. The molecule has 0 aliphatic carbocycles. The van der Waals surface area contributed by atoms with E-state index < -0.39 is 5.97 Å². The number of carbonyl (C=O) groups is 2. The average Bonchev–Trinajstić information content (AvgIpc) is 2.94. The highest BCUT2D eigenvalue weighted by atomic mass is 16.5. The van der Waals surface area contributed by atoms with Crippen LogP contribution in [0.5, 0.6) is 17.2 Å². The van der Waals surface area contributed by atoms with E-state index in [0.29, 0.717) is 17.9 Å². The zero-order valence-electron chi connectivity index (χ0n) is 22.2. The SMILES string of the molecule is CCCCCCCOc1ccc(/C=C/C(=O)c2cccc(OC(=O)/C=C/c3ccc(OCC)cc3)c2)cc1. The fourth-order valence-corrected chi connectivity index (χ4v) is 3.71. The van der Waals surface area contributed by atoms with Crippen molar-refractivity contribution in [1.82, 2.24) is 0 Å². The molecule has 0 saturated carbocycles. The van der Waals surface area contributed by atoms with Crippen LogP contribution in [0.4, 0.5) is 0 Å². The number of hydrogen-bond acceptors (Lipinski definition) is 5. The second-order valence-electron chi connectivity index (χ2n) is 8.81. The molecule has 0 atom stereocenters. The molecule has 3 aromatic carbocycles. The molecule has 0 heterocycles. The maximum Gasteiger partial charge on any atom is 0.336 e. The summed E-state index contributed by atoms with van der Waals surface area (Å²) in [4.78, 5) is 24.9. The Bertz CT molecular complexity index is 1210. The van der Waals surface area contributed by atoms with E-state index in [1.165, 1.54) is 37.8 Å². The smallest absolute Gasteiger partial charge is 0.336 e. The predicted octanol–water partition coefficient (Wildman–Crippen LogP) is 7.95. The molecule has 3 aromatic rings. The van der Waals surface area contributed by atoms with Crippen molar-refractivity contribution in [3.8, 4) is 17.2 Å². The zero-order chi connectivity index (χ0) is 27.0.